The minimum Gasteiger partial charge on any atom is -0.461 e. The fourth-order valence-corrected chi connectivity index (χ4v) is 2.99. The summed E-state index contributed by atoms with van der Waals surface area (Å²) in [6.45, 7) is 3.03. The van der Waals surface area contributed by atoms with Gasteiger partial charge in [-0.15, -0.1) is 0 Å². The summed E-state index contributed by atoms with van der Waals surface area (Å²) in [7, 11) is 0. The van der Waals surface area contributed by atoms with Crippen LogP contribution in [0.25, 0.3) is 0 Å². The lowest BCUT2D eigenvalue weighted by Gasteiger charge is -2.20. The van der Waals surface area contributed by atoms with Crippen molar-refractivity contribution < 1.29 is 52.3 Å². The Morgan fingerprint density at radius 1 is 0.600 bits per heavy atom. The molecule has 0 aromatic heterocycles. The topological polar surface area (TPSA) is 133 Å². The van der Waals surface area contributed by atoms with Crippen LogP contribution >= 0.6 is 0 Å². The van der Waals surface area contributed by atoms with Gasteiger partial charge in [0.15, 0.2) is 6.61 Å². The molecule has 0 heterocycles. The minimum absolute atomic E-state index is 0.222. The van der Waals surface area contributed by atoms with E-state index in [1.807, 2.05) is 60.7 Å². The van der Waals surface area contributed by atoms with Crippen molar-refractivity contribution in [2.24, 2.45) is 0 Å². The Morgan fingerprint density at radius 2 is 1.05 bits per heavy atom. The highest BCUT2D eigenvalue weighted by Crippen LogP contribution is 2.07. The summed E-state index contributed by atoms with van der Waals surface area (Å²) in [5, 5.41) is 0. The van der Waals surface area contributed by atoms with Gasteiger partial charge in [0.2, 0.25) is 0 Å². The third kappa shape index (κ3) is 15.6. The van der Waals surface area contributed by atoms with Crippen molar-refractivity contribution in [3.05, 3.63) is 71.8 Å². The van der Waals surface area contributed by atoms with Crippen molar-refractivity contribution in [2.45, 2.75) is 45.7 Å². The maximum Gasteiger partial charge on any atom is 0.344 e. The molecule has 0 atom stereocenters. The molecule has 0 aliphatic rings. The normalized spacial score (nSPS) is 11.1. The lowest BCUT2D eigenvalue weighted by molar-refractivity contribution is -0.172. The van der Waals surface area contributed by atoms with Gasteiger partial charge in [-0.05, 0) is 31.9 Å². The largest absolute Gasteiger partial charge is 0.461 e. The minimum atomic E-state index is -0.995. The number of benzene rings is 2. The van der Waals surface area contributed by atoms with Crippen molar-refractivity contribution >= 4 is 23.9 Å². The van der Waals surface area contributed by atoms with E-state index < -0.39 is 48.8 Å². The average molecular weight is 561 g/mol. The van der Waals surface area contributed by atoms with Crippen LogP contribution in [0, 0.1) is 0 Å². The van der Waals surface area contributed by atoms with Crippen LogP contribution in [0.15, 0.2) is 60.7 Å². The Bertz CT molecular complexity index is 987. The van der Waals surface area contributed by atoms with E-state index in [1.54, 1.807) is 20.8 Å². The first-order valence-electron chi connectivity index (χ1n) is 12.6. The molecule has 0 radical (unpaired) electrons. The maximum atomic E-state index is 12.1. The Labute approximate surface area is 233 Å². The lowest BCUT2D eigenvalue weighted by atomic mass is 10.2. The van der Waals surface area contributed by atoms with E-state index in [1.165, 1.54) is 0 Å². The summed E-state index contributed by atoms with van der Waals surface area (Å²) in [4.78, 5) is 48.0. The molecule has 40 heavy (non-hydrogen) atoms. The molecular weight excluding hydrogens is 524 g/mol. The van der Waals surface area contributed by atoms with Crippen LogP contribution in [0.4, 0.5) is 0 Å². The van der Waals surface area contributed by atoms with Gasteiger partial charge in [-0.2, -0.15) is 0 Å². The van der Waals surface area contributed by atoms with Crippen molar-refractivity contribution in [3.63, 3.8) is 0 Å². The van der Waals surface area contributed by atoms with Crippen LogP contribution in [-0.4, -0.2) is 75.2 Å². The lowest BCUT2D eigenvalue weighted by Crippen LogP contribution is -2.33. The zero-order valence-electron chi connectivity index (χ0n) is 23.0. The molecule has 2 rings (SSSR count). The highest BCUT2D eigenvalue weighted by molar-refractivity contribution is 5.77. The molecule has 11 heteroatoms. The number of ether oxygens (including phenoxy) is 7. The average Bonchev–Trinajstić information content (AvgIpc) is 2.91. The van der Waals surface area contributed by atoms with Gasteiger partial charge in [-0.3, -0.25) is 0 Å². The number of rotatable bonds is 17. The second-order valence-corrected chi connectivity index (χ2v) is 9.50. The summed E-state index contributed by atoms with van der Waals surface area (Å²) < 4.78 is 36.4. The fraction of sp³-hybridized carbons (Fsp3) is 0.448. The van der Waals surface area contributed by atoms with Gasteiger partial charge in [0, 0.05) is 0 Å². The van der Waals surface area contributed by atoms with Gasteiger partial charge in [0.05, 0.1) is 13.2 Å². The predicted molar refractivity (Wildman–Crippen MR) is 141 cm³/mol. The van der Waals surface area contributed by atoms with E-state index in [0.717, 1.165) is 11.1 Å². The van der Waals surface area contributed by atoms with Crippen molar-refractivity contribution in [3.8, 4) is 0 Å². The van der Waals surface area contributed by atoms with Gasteiger partial charge in [-0.1, -0.05) is 60.7 Å². The zero-order chi connectivity index (χ0) is 29.2. The van der Waals surface area contributed by atoms with E-state index in [-0.39, 0.29) is 39.6 Å². The quantitative estimate of drug-likeness (QED) is 0.209. The van der Waals surface area contributed by atoms with Crippen LogP contribution in [-0.2, 0) is 65.5 Å². The van der Waals surface area contributed by atoms with Gasteiger partial charge in [0.1, 0.15) is 44.7 Å². The summed E-state index contributed by atoms with van der Waals surface area (Å²) in [5.41, 5.74) is 1.06. The molecule has 0 saturated heterocycles. The molecule has 0 aliphatic carbocycles. The summed E-state index contributed by atoms with van der Waals surface area (Å²) >= 11 is 0. The first-order valence-corrected chi connectivity index (χ1v) is 12.6. The van der Waals surface area contributed by atoms with Crippen molar-refractivity contribution in [1.29, 1.82) is 0 Å². The third-order valence-corrected chi connectivity index (χ3v) is 4.73. The number of carbonyl (C=O) groups is 4. The molecule has 0 spiro atoms. The van der Waals surface area contributed by atoms with E-state index in [2.05, 4.69) is 0 Å². The Kier molecular flexibility index (Phi) is 14.4. The maximum absolute atomic E-state index is 12.1. The van der Waals surface area contributed by atoms with Crippen LogP contribution in [0.3, 0.4) is 0 Å². The molecule has 2 aromatic carbocycles. The molecule has 11 nitrogen and oxygen atoms in total. The predicted octanol–water partition coefficient (Wildman–Crippen LogP) is 2.78. The Hall–Kier alpha value is -3.80. The molecule has 0 unspecified atom stereocenters. The number of esters is 4. The summed E-state index contributed by atoms with van der Waals surface area (Å²) in [5.74, 6) is -2.92. The molecule has 0 bridgehead atoms. The highest BCUT2D eigenvalue weighted by atomic mass is 16.6. The monoisotopic (exact) mass is 560 g/mol. The van der Waals surface area contributed by atoms with E-state index in [9.17, 15) is 19.2 Å². The van der Waals surface area contributed by atoms with Gasteiger partial charge < -0.3 is 33.2 Å². The van der Waals surface area contributed by atoms with E-state index in [0.29, 0.717) is 0 Å². The SMILES string of the molecule is CC(C)(C)OC(=O)COC(=O)COC(COC(=O)COCc1ccccc1)COC(=O)COCc1ccccc1. The summed E-state index contributed by atoms with van der Waals surface area (Å²) in [6.07, 6.45) is -0.995. The second kappa shape index (κ2) is 17.7. The molecule has 0 amide bonds. The second-order valence-electron chi connectivity index (χ2n) is 9.50. The van der Waals surface area contributed by atoms with Crippen LogP contribution < -0.4 is 0 Å². The smallest absolute Gasteiger partial charge is 0.344 e. The number of hydrogen-bond donors (Lipinski definition) is 0. The Morgan fingerprint density at radius 3 is 1.50 bits per heavy atom. The summed E-state index contributed by atoms with van der Waals surface area (Å²) in [6, 6.07) is 18.6. The van der Waals surface area contributed by atoms with Crippen molar-refractivity contribution in [1.82, 2.24) is 0 Å². The fourth-order valence-electron chi connectivity index (χ4n) is 2.99. The zero-order valence-corrected chi connectivity index (χ0v) is 23.0. The first kappa shape index (κ1) is 32.4. The molecule has 2 aromatic rings. The number of carbonyl (C=O) groups excluding carboxylic acids is 4. The van der Waals surface area contributed by atoms with E-state index in [4.69, 9.17) is 33.2 Å². The molecule has 0 N–H and O–H groups in total. The molecule has 218 valence electrons. The third-order valence-electron chi connectivity index (χ3n) is 4.73. The van der Waals surface area contributed by atoms with E-state index >= 15 is 0 Å². The first-order chi connectivity index (χ1) is 19.1. The standard InChI is InChI=1S/C29H36O11/c1-29(2,3)40-28(33)21-39-27(32)20-36-24(16-37-25(30)18-34-14-22-10-6-4-7-11-22)17-38-26(31)19-35-15-23-12-8-5-9-13-23/h4-13,24H,14-21H2,1-3H3. The molecular formula is C29H36O11. The molecule has 0 fully saturated rings. The van der Waals surface area contributed by atoms with Crippen LogP contribution in [0.5, 0.6) is 0 Å². The van der Waals surface area contributed by atoms with Gasteiger partial charge in [0.25, 0.3) is 0 Å². The van der Waals surface area contributed by atoms with Gasteiger partial charge in [-0.25, -0.2) is 19.2 Å². The van der Waals surface area contributed by atoms with Crippen molar-refractivity contribution in [2.75, 3.05) is 39.6 Å². The van der Waals surface area contributed by atoms with Crippen LogP contribution in [0.2, 0.25) is 0 Å². The molecule has 0 aliphatic heterocycles. The number of hydrogen-bond acceptors (Lipinski definition) is 11. The molecule has 0 saturated carbocycles. The highest BCUT2D eigenvalue weighted by Gasteiger charge is 2.20. The Balaban J connectivity index is 1.77. The van der Waals surface area contributed by atoms with Crippen LogP contribution in [0.1, 0.15) is 31.9 Å². The van der Waals surface area contributed by atoms with Gasteiger partial charge >= 0.3 is 23.9 Å².